The summed E-state index contributed by atoms with van der Waals surface area (Å²) in [6.45, 7) is 4.89. The van der Waals surface area contributed by atoms with E-state index >= 15 is 0 Å². The number of hydrogen-bond acceptors (Lipinski definition) is 6. The van der Waals surface area contributed by atoms with E-state index in [1.807, 2.05) is 50.1 Å². The molecule has 0 aliphatic carbocycles. The average molecular weight is 309 g/mol. The monoisotopic (exact) mass is 309 g/mol. The number of hydrogen-bond donors (Lipinski definition) is 0. The number of rotatable bonds is 4. The van der Waals surface area contributed by atoms with Crippen LogP contribution in [0.2, 0.25) is 0 Å². The Morgan fingerprint density at radius 1 is 1.26 bits per heavy atom. The quantitative estimate of drug-likeness (QED) is 0.639. The molecule has 2 aromatic rings. The third-order valence-electron chi connectivity index (χ3n) is 3.86. The minimum absolute atomic E-state index is 0.262. The maximum atomic E-state index is 11.0. The highest BCUT2D eigenvalue weighted by atomic mass is 16.1. The van der Waals surface area contributed by atoms with Crippen LogP contribution < -0.4 is 9.91 Å². The Kier molecular flexibility index (Phi) is 4.06. The zero-order valence-electron chi connectivity index (χ0n) is 13.5. The molecule has 1 aliphatic heterocycles. The molecule has 6 nitrogen and oxygen atoms in total. The summed E-state index contributed by atoms with van der Waals surface area (Å²) >= 11 is 0. The molecule has 0 bridgehead atoms. The Balaban J connectivity index is 1.75. The lowest BCUT2D eigenvalue weighted by molar-refractivity contribution is -0.119. The lowest BCUT2D eigenvalue weighted by atomic mass is 10.1. The van der Waals surface area contributed by atoms with Crippen LogP contribution in [0.4, 0.5) is 11.5 Å². The standard InChI is InChI=1S/C17H19N5O/c1-12-16(5-4-8-18-12)13(2)20-21(3)17-7-6-14(9-19-17)22-10-15(23)11-22/h4-9H,10-11H2,1-3H3/b20-13+. The first kappa shape index (κ1) is 15.1. The maximum Gasteiger partial charge on any atom is 0.171 e. The third kappa shape index (κ3) is 3.21. The van der Waals surface area contributed by atoms with Crippen LogP contribution in [0.3, 0.4) is 0 Å². The highest BCUT2D eigenvalue weighted by molar-refractivity contribution is 6.00. The molecule has 0 aromatic carbocycles. The number of anilines is 2. The molecule has 3 rings (SSSR count). The molecule has 23 heavy (non-hydrogen) atoms. The number of aromatic nitrogens is 2. The summed E-state index contributed by atoms with van der Waals surface area (Å²) in [5.74, 6) is 1.01. The van der Waals surface area contributed by atoms with Crippen molar-refractivity contribution < 1.29 is 4.79 Å². The molecule has 0 amide bonds. The molecule has 0 saturated carbocycles. The summed E-state index contributed by atoms with van der Waals surface area (Å²) < 4.78 is 0. The molecule has 0 atom stereocenters. The van der Waals surface area contributed by atoms with Crippen LogP contribution in [0, 0.1) is 6.92 Å². The van der Waals surface area contributed by atoms with Crippen LogP contribution in [0.5, 0.6) is 0 Å². The van der Waals surface area contributed by atoms with E-state index in [2.05, 4.69) is 15.1 Å². The molecular formula is C17H19N5O. The van der Waals surface area contributed by atoms with Gasteiger partial charge in [0.2, 0.25) is 0 Å². The second-order valence-corrected chi connectivity index (χ2v) is 5.61. The van der Waals surface area contributed by atoms with Gasteiger partial charge in [0.25, 0.3) is 0 Å². The molecule has 0 radical (unpaired) electrons. The highest BCUT2D eigenvalue weighted by Crippen LogP contribution is 2.20. The van der Waals surface area contributed by atoms with Crippen molar-refractivity contribution in [2.75, 3.05) is 30.0 Å². The van der Waals surface area contributed by atoms with Crippen LogP contribution in [-0.4, -0.2) is 41.6 Å². The van der Waals surface area contributed by atoms with Gasteiger partial charge in [-0.1, -0.05) is 0 Å². The molecular weight excluding hydrogens is 290 g/mol. The van der Waals surface area contributed by atoms with Gasteiger partial charge in [-0.15, -0.1) is 0 Å². The number of nitrogens with zero attached hydrogens (tertiary/aromatic N) is 5. The van der Waals surface area contributed by atoms with E-state index in [-0.39, 0.29) is 5.78 Å². The van der Waals surface area contributed by atoms with Crippen molar-refractivity contribution in [3.63, 3.8) is 0 Å². The topological polar surface area (TPSA) is 61.7 Å². The summed E-state index contributed by atoms with van der Waals surface area (Å²) in [4.78, 5) is 21.8. The number of pyridine rings is 2. The fraction of sp³-hybridized carbons (Fsp3) is 0.294. The van der Waals surface area contributed by atoms with E-state index in [4.69, 9.17) is 0 Å². The van der Waals surface area contributed by atoms with E-state index in [9.17, 15) is 4.79 Å². The van der Waals surface area contributed by atoms with E-state index in [1.54, 1.807) is 17.4 Å². The third-order valence-corrected chi connectivity index (χ3v) is 3.86. The Hall–Kier alpha value is -2.76. The lowest BCUT2D eigenvalue weighted by Gasteiger charge is -2.31. The number of carbonyl (C=O) groups is 1. The van der Waals surface area contributed by atoms with Crippen molar-refractivity contribution in [2.24, 2.45) is 5.10 Å². The summed E-state index contributed by atoms with van der Waals surface area (Å²) in [7, 11) is 1.87. The van der Waals surface area contributed by atoms with Crippen molar-refractivity contribution in [3.8, 4) is 0 Å². The first-order chi connectivity index (χ1) is 11.0. The van der Waals surface area contributed by atoms with Gasteiger partial charge in [-0.05, 0) is 38.1 Å². The second kappa shape index (κ2) is 6.16. The fourth-order valence-corrected chi connectivity index (χ4v) is 2.52. The Morgan fingerprint density at radius 3 is 2.65 bits per heavy atom. The van der Waals surface area contributed by atoms with Crippen LogP contribution in [0.25, 0.3) is 0 Å². The van der Waals surface area contributed by atoms with E-state index in [1.165, 1.54) is 0 Å². The van der Waals surface area contributed by atoms with Crippen LogP contribution in [0.1, 0.15) is 18.2 Å². The van der Waals surface area contributed by atoms with Crippen molar-refractivity contribution >= 4 is 23.0 Å². The first-order valence-electron chi connectivity index (χ1n) is 7.48. The Labute approximate surface area is 135 Å². The summed E-state index contributed by atoms with van der Waals surface area (Å²) in [5, 5.41) is 6.32. The first-order valence-corrected chi connectivity index (χ1v) is 7.48. The zero-order valence-corrected chi connectivity index (χ0v) is 13.5. The van der Waals surface area contributed by atoms with Gasteiger partial charge in [-0.2, -0.15) is 5.10 Å². The molecule has 3 heterocycles. The van der Waals surface area contributed by atoms with Gasteiger partial charge >= 0.3 is 0 Å². The van der Waals surface area contributed by atoms with E-state index in [0.717, 1.165) is 28.5 Å². The normalized spacial score (nSPS) is 14.7. The van der Waals surface area contributed by atoms with Gasteiger partial charge in [0.05, 0.1) is 30.7 Å². The van der Waals surface area contributed by atoms with Crippen molar-refractivity contribution in [1.82, 2.24) is 9.97 Å². The Morgan fingerprint density at radius 2 is 2.04 bits per heavy atom. The summed E-state index contributed by atoms with van der Waals surface area (Å²) in [6, 6.07) is 7.78. The number of hydrazone groups is 1. The molecule has 118 valence electrons. The largest absolute Gasteiger partial charge is 0.355 e. The molecule has 0 spiro atoms. The lowest BCUT2D eigenvalue weighted by Crippen LogP contribution is -2.47. The zero-order chi connectivity index (χ0) is 16.4. The Bertz CT molecular complexity index is 746. The van der Waals surface area contributed by atoms with Crippen molar-refractivity contribution in [3.05, 3.63) is 47.9 Å². The number of aryl methyl sites for hydroxylation is 1. The fourth-order valence-electron chi connectivity index (χ4n) is 2.52. The predicted octanol–water partition coefficient (Wildman–Crippen LogP) is 2.03. The minimum atomic E-state index is 0.262. The minimum Gasteiger partial charge on any atom is -0.355 e. The smallest absolute Gasteiger partial charge is 0.171 e. The molecule has 1 fully saturated rings. The van der Waals surface area contributed by atoms with Crippen molar-refractivity contribution in [1.29, 1.82) is 0 Å². The van der Waals surface area contributed by atoms with E-state index in [0.29, 0.717) is 13.1 Å². The SMILES string of the molecule is C/C(=N\N(C)c1ccc(N2CC(=O)C2)cn1)c1cccnc1C. The predicted molar refractivity (Wildman–Crippen MR) is 91.0 cm³/mol. The van der Waals surface area contributed by atoms with Crippen LogP contribution >= 0.6 is 0 Å². The summed E-state index contributed by atoms with van der Waals surface area (Å²) in [5.41, 5.74) is 3.82. The van der Waals surface area contributed by atoms with E-state index < -0.39 is 0 Å². The second-order valence-electron chi connectivity index (χ2n) is 5.61. The van der Waals surface area contributed by atoms with Crippen LogP contribution in [-0.2, 0) is 4.79 Å². The number of carbonyl (C=O) groups excluding carboxylic acids is 1. The van der Waals surface area contributed by atoms with Gasteiger partial charge in [-0.25, -0.2) is 4.98 Å². The molecule has 1 aliphatic rings. The van der Waals surface area contributed by atoms with Gasteiger partial charge < -0.3 is 4.90 Å². The van der Waals surface area contributed by atoms with Crippen LogP contribution in [0.15, 0.2) is 41.8 Å². The molecule has 1 saturated heterocycles. The molecule has 2 aromatic heterocycles. The number of ketones is 1. The average Bonchev–Trinajstić information content (AvgIpc) is 2.52. The van der Waals surface area contributed by atoms with Gasteiger partial charge in [0.15, 0.2) is 5.78 Å². The summed E-state index contributed by atoms with van der Waals surface area (Å²) in [6.07, 6.45) is 3.55. The molecule has 0 unspecified atom stereocenters. The van der Waals surface area contributed by atoms with Crippen molar-refractivity contribution in [2.45, 2.75) is 13.8 Å². The van der Waals surface area contributed by atoms with Gasteiger partial charge in [0.1, 0.15) is 5.82 Å². The highest BCUT2D eigenvalue weighted by Gasteiger charge is 2.23. The maximum absolute atomic E-state index is 11.0. The molecule has 6 heteroatoms. The van der Waals surface area contributed by atoms with Gasteiger partial charge in [-0.3, -0.25) is 14.8 Å². The molecule has 0 N–H and O–H groups in total. The number of Topliss-reactive ketones (excluding diaryl/α,β-unsaturated/α-hetero) is 1. The van der Waals surface area contributed by atoms with Gasteiger partial charge in [0, 0.05) is 24.5 Å².